The number of phenolic OH excluding ortho intramolecular Hbond substituents is 1. The smallest absolute Gasteiger partial charge is 0.185 e. The fraction of sp³-hybridized carbons (Fsp3) is 0.211. The molecule has 0 aliphatic rings. The largest absolute Gasteiger partial charge is 0.507 e. The quantitative estimate of drug-likeness (QED) is 0.621. The lowest BCUT2D eigenvalue weighted by Crippen LogP contribution is -2.11. The Morgan fingerprint density at radius 2 is 1.73 bits per heavy atom. The summed E-state index contributed by atoms with van der Waals surface area (Å²) >= 11 is 5.88. The number of ketones is 1. The van der Waals surface area contributed by atoms with Gasteiger partial charge in [-0.1, -0.05) is 56.6 Å². The molecule has 2 aromatic rings. The zero-order valence-corrected chi connectivity index (χ0v) is 13.7. The van der Waals surface area contributed by atoms with E-state index in [0.29, 0.717) is 16.1 Å². The average Bonchev–Trinajstić information content (AvgIpc) is 2.47. The van der Waals surface area contributed by atoms with Crippen LogP contribution in [0, 0.1) is 0 Å². The number of hydrogen-bond acceptors (Lipinski definition) is 2. The summed E-state index contributed by atoms with van der Waals surface area (Å²) in [5.41, 5.74) is 2.38. The van der Waals surface area contributed by atoms with E-state index in [2.05, 4.69) is 20.8 Å². The Morgan fingerprint density at radius 1 is 1.09 bits per heavy atom. The van der Waals surface area contributed by atoms with Gasteiger partial charge in [0.2, 0.25) is 0 Å². The molecule has 0 radical (unpaired) electrons. The van der Waals surface area contributed by atoms with Crippen molar-refractivity contribution >= 4 is 23.5 Å². The van der Waals surface area contributed by atoms with E-state index in [1.807, 2.05) is 24.3 Å². The Morgan fingerprint density at radius 3 is 2.32 bits per heavy atom. The SMILES string of the molecule is CC(C)(C)c1ccc(C(=O)/C=C/c2cc(Cl)ccc2O)cc1. The maximum atomic E-state index is 12.2. The summed E-state index contributed by atoms with van der Waals surface area (Å²) in [6.07, 6.45) is 3.01. The highest BCUT2D eigenvalue weighted by Gasteiger charge is 2.13. The lowest BCUT2D eigenvalue weighted by molar-refractivity contribution is 0.104. The molecule has 0 heterocycles. The van der Waals surface area contributed by atoms with Crippen molar-refractivity contribution in [1.82, 2.24) is 0 Å². The molecule has 0 saturated carbocycles. The maximum absolute atomic E-state index is 12.2. The monoisotopic (exact) mass is 314 g/mol. The standard InChI is InChI=1S/C19H19ClO2/c1-19(2,3)15-7-4-13(5-8-15)17(21)10-6-14-12-16(20)9-11-18(14)22/h4-12,22H,1-3H3/b10-6+. The van der Waals surface area contributed by atoms with Gasteiger partial charge < -0.3 is 5.11 Å². The zero-order chi connectivity index (χ0) is 16.3. The molecule has 2 aromatic carbocycles. The van der Waals surface area contributed by atoms with Gasteiger partial charge in [-0.2, -0.15) is 0 Å². The van der Waals surface area contributed by atoms with Crippen molar-refractivity contribution in [3.63, 3.8) is 0 Å². The number of hydrogen-bond donors (Lipinski definition) is 1. The van der Waals surface area contributed by atoms with Crippen LogP contribution < -0.4 is 0 Å². The molecule has 1 N–H and O–H groups in total. The number of benzene rings is 2. The summed E-state index contributed by atoms with van der Waals surface area (Å²) in [5.74, 6) is -0.0173. The van der Waals surface area contributed by atoms with E-state index in [-0.39, 0.29) is 16.9 Å². The van der Waals surface area contributed by atoms with Gasteiger partial charge in [-0.05, 0) is 41.3 Å². The second-order valence-corrected chi connectivity index (χ2v) is 6.66. The van der Waals surface area contributed by atoms with Crippen molar-refractivity contribution in [2.24, 2.45) is 0 Å². The summed E-state index contributed by atoms with van der Waals surface area (Å²) in [6.45, 7) is 6.39. The number of aromatic hydroxyl groups is 1. The van der Waals surface area contributed by atoms with Crippen molar-refractivity contribution in [3.05, 3.63) is 70.3 Å². The van der Waals surface area contributed by atoms with Gasteiger partial charge >= 0.3 is 0 Å². The van der Waals surface area contributed by atoms with Crippen LogP contribution in [0.25, 0.3) is 6.08 Å². The molecule has 22 heavy (non-hydrogen) atoms. The molecular formula is C19H19ClO2. The van der Waals surface area contributed by atoms with Crippen LogP contribution in [0.15, 0.2) is 48.5 Å². The minimum atomic E-state index is -0.111. The third-order valence-corrected chi connectivity index (χ3v) is 3.67. The molecule has 3 heteroatoms. The van der Waals surface area contributed by atoms with Crippen LogP contribution in [-0.4, -0.2) is 10.9 Å². The second-order valence-electron chi connectivity index (χ2n) is 6.23. The Hall–Kier alpha value is -2.06. The molecule has 0 bridgehead atoms. The summed E-state index contributed by atoms with van der Waals surface area (Å²) in [5, 5.41) is 10.2. The molecule has 0 saturated heterocycles. The van der Waals surface area contributed by atoms with E-state index < -0.39 is 0 Å². The van der Waals surface area contributed by atoms with Crippen molar-refractivity contribution in [1.29, 1.82) is 0 Å². The predicted octanol–water partition coefficient (Wildman–Crippen LogP) is 5.24. The second kappa shape index (κ2) is 6.37. The Bertz CT molecular complexity index is 707. The van der Waals surface area contributed by atoms with E-state index in [1.54, 1.807) is 18.2 Å². The number of carbonyl (C=O) groups is 1. The van der Waals surface area contributed by atoms with Gasteiger partial charge in [0.25, 0.3) is 0 Å². The molecule has 0 unspecified atom stereocenters. The number of phenols is 1. The third-order valence-electron chi connectivity index (χ3n) is 3.44. The highest BCUT2D eigenvalue weighted by Crippen LogP contribution is 2.24. The highest BCUT2D eigenvalue weighted by molar-refractivity contribution is 6.30. The van der Waals surface area contributed by atoms with E-state index in [4.69, 9.17) is 11.6 Å². The van der Waals surface area contributed by atoms with Crippen LogP contribution in [0.5, 0.6) is 5.75 Å². The normalized spacial score (nSPS) is 11.8. The first-order valence-corrected chi connectivity index (χ1v) is 7.46. The Kier molecular flexibility index (Phi) is 4.72. The van der Waals surface area contributed by atoms with Crippen molar-refractivity contribution < 1.29 is 9.90 Å². The first-order chi connectivity index (χ1) is 10.3. The summed E-state index contributed by atoms with van der Waals surface area (Å²) < 4.78 is 0. The molecule has 0 aromatic heterocycles. The van der Waals surface area contributed by atoms with Crippen LogP contribution in [0.2, 0.25) is 5.02 Å². The van der Waals surface area contributed by atoms with Crippen LogP contribution in [0.1, 0.15) is 42.3 Å². The number of carbonyl (C=O) groups excluding carboxylic acids is 1. The first kappa shape index (κ1) is 16.3. The molecule has 0 amide bonds. The molecule has 2 nitrogen and oxygen atoms in total. The van der Waals surface area contributed by atoms with Crippen molar-refractivity contribution in [3.8, 4) is 5.75 Å². The molecule has 2 rings (SSSR count). The zero-order valence-electron chi connectivity index (χ0n) is 12.9. The maximum Gasteiger partial charge on any atom is 0.185 e. The highest BCUT2D eigenvalue weighted by atomic mass is 35.5. The molecule has 0 fully saturated rings. The van der Waals surface area contributed by atoms with Gasteiger partial charge in [0, 0.05) is 16.1 Å². The Labute approximate surface area is 136 Å². The molecule has 0 aliphatic carbocycles. The van der Waals surface area contributed by atoms with Gasteiger partial charge in [0.05, 0.1) is 0 Å². The number of rotatable bonds is 3. The minimum absolute atomic E-state index is 0.0595. The lowest BCUT2D eigenvalue weighted by Gasteiger charge is -2.18. The summed E-state index contributed by atoms with van der Waals surface area (Å²) in [7, 11) is 0. The average molecular weight is 315 g/mol. The van der Waals surface area contributed by atoms with Crippen LogP contribution in [0.3, 0.4) is 0 Å². The van der Waals surface area contributed by atoms with E-state index in [0.717, 1.165) is 0 Å². The fourth-order valence-electron chi connectivity index (χ4n) is 2.06. The predicted molar refractivity (Wildman–Crippen MR) is 91.6 cm³/mol. The molecule has 0 atom stereocenters. The van der Waals surface area contributed by atoms with Gasteiger partial charge in [-0.3, -0.25) is 4.79 Å². The molecule has 114 valence electrons. The van der Waals surface area contributed by atoms with Crippen LogP contribution >= 0.6 is 11.6 Å². The van der Waals surface area contributed by atoms with Gasteiger partial charge in [0.15, 0.2) is 5.78 Å². The third kappa shape index (κ3) is 3.99. The van der Waals surface area contributed by atoms with Crippen molar-refractivity contribution in [2.75, 3.05) is 0 Å². The Balaban J connectivity index is 2.18. The minimum Gasteiger partial charge on any atom is -0.507 e. The number of allylic oxidation sites excluding steroid dienone is 1. The fourth-order valence-corrected chi connectivity index (χ4v) is 2.24. The summed E-state index contributed by atoms with van der Waals surface area (Å²) in [6, 6.07) is 12.3. The topological polar surface area (TPSA) is 37.3 Å². The van der Waals surface area contributed by atoms with E-state index in [1.165, 1.54) is 17.7 Å². The summed E-state index contributed by atoms with van der Waals surface area (Å²) in [4.78, 5) is 12.2. The van der Waals surface area contributed by atoms with Crippen LogP contribution in [-0.2, 0) is 5.41 Å². The van der Waals surface area contributed by atoms with E-state index in [9.17, 15) is 9.90 Å². The van der Waals surface area contributed by atoms with Crippen LogP contribution in [0.4, 0.5) is 0 Å². The van der Waals surface area contributed by atoms with Gasteiger partial charge in [0.1, 0.15) is 5.75 Å². The van der Waals surface area contributed by atoms with E-state index >= 15 is 0 Å². The van der Waals surface area contributed by atoms with Gasteiger partial charge in [-0.25, -0.2) is 0 Å². The van der Waals surface area contributed by atoms with Gasteiger partial charge in [-0.15, -0.1) is 0 Å². The molecule has 0 spiro atoms. The first-order valence-electron chi connectivity index (χ1n) is 7.09. The number of halogens is 1. The molecule has 0 aliphatic heterocycles. The molecular weight excluding hydrogens is 296 g/mol. The van der Waals surface area contributed by atoms with Crippen molar-refractivity contribution in [2.45, 2.75) is 26.2 Å². The lowest BCUT2D eigenvalue weighted by atomic mass is 9.86.